The first kappa shape index (κ1) is 20.3. The Morgan fingerprint density at radius 2 is 1.71 bits per heavy atom. The van der Waals surface area contributed by atoms with Crippen LogP contribution in [0.25, 0.3) is 0 Å². The van der Waals surface area contributed by atoms with Gasteiger partial charge in [0.25, 0.3) is 5.91 Å². The van der Waals surface area contributed by atoms with Gasteiger partial charge in [-0.25, -0.2) is 0 Å². The number of anilines is 1. The Morgan fingerprint density at radius 3 is 2.12 bits per heavy atom. The molecule has 1 atom stereocenters. The lowest BCUT2D eigenvalue weighted by atomic mass is 9.88. The first-order chi connectivity index (χ1) is 10.6. The molecule has 9 heteroatoms. The van der Waals surface area contributed by atoms with Gasteiger partial charge in [-0.3, -0.25) is 9.52 Å². The van der Waals surface area contributed by atoms with Crippen LogP contribution in [0, 0.1) is 12.3 Å². The van der Waals surface area contributed by atoms with Crippen LogP contribution >= 0.6 is 0 Å². The van der Waals surface area contributed by atoms with Crippen molar-refractivity contribution in [3.05, 3.63) is 29.3 Å². The quantitative estimate of drug-likeness (QED) is 0.857. The van der Waals surface area contributed by atoms with Crippen molar-refractivity contribution in [2.45, 2.75) is 46.2 Å². The molecular formula is C15H21F3N2O3S. The number of carbonyl (C=O) groups excluding carboxylic acids is 1. The first-order valence-corrected chi connectivity index (χ1v) is 8.64. The predicted molar refractivity (Wildman–Crippen MR) is 86.2 cm³/mol. The highest BCUT2D eigenvalue weighted by Gasteiger charge is 2.46. The van der Waals surface area contributed by atoms with Gasteiger partial charge in [0, 0.05) is 17.3 Å². The molecule has 0 saturated carbocycles. The molecule has 24 heavy (non-hydrogen) atoms. The number of halogens is 3. The van der Waals surface area contributed by atoms with Crippen molar-refractivity contribution in [3.63, 3.8) is 0 Å². The second kappa shape index (κ2) is 6.62. The average Bonchev–Trinajstić information content (AvgIpc) is 2.35. The highest BCUT2D eigenvalue weighted by molar-refractivity contribution is 7.93. The number of amides is 1. The predicted octanol–water partition coefficient (Wildman–Crippen LogP) is 3.42. The van der Waals surface area contributed by atoms with Gasteiger partial charge in [0.15, 0.2) is 0 Å². The van der Waals surface area contributed by atoms with Crippen molar-refractivity contribution >= 4 is 21.6 Å². The van der Waals surface area contributed by atoms with E-state index in [1.165, 1.54) is 23.8 Å². The summed E-state index contributed by atoms with van der Waals surface area (Å²) in [5.74, 6) is -0.375. The van der Waals surface area contributed by atoms with Gasteiger partial charge in [-0.15, -0.1) is 0 Å². The minimum atomic E-state index is -5.49. The molecule has 1 aromatic rings. The topological polar surface area (TPSA) is 75.3 Å². The van der Waals surface area contributed by atoms with E-state index in [1.807, 2.05) is 27.7 Å². The molecule has 0 aliphatic carbocycles. The molecular weight excluding hydrogens is 345 g/mol. The SMILES string of the molecule is Cc1cc(NS(=O)(=O)C(F)(F)F)ccc1C(=O)NC(C)C(C)(C)C. The fourth-order valence-electron chi connectivity index (χ4n) is 1.69. The van der Waals surface area contributed by atoms with Gasteiger partial charge < -0.3 is 5.32 Å². The van der Waals surface area contributed by atoms with Crippen LogP contribution in [0.1, 0.15) is 43.6 Å². The summed E-state index contributed by atoms with van der Waals surface area (Å²) in [5, 5.41) is 2.81. The number of benzene rings is 1. The van der Waals surface area contributed by atoms with E-state index in [-0.39, 0.29) is 28.6 Å². The van der Waals surface area contributed by atoms with Gasteiger partial charge in [-0.05, 0) is 43.0 Å². The molecule has 1 amide bonds. The Labute approximate surface area is 139 Å². The number of aryl methyl sites for hydroxylation is 1. The van der Waals surface area contributed by atoms with Crippen LogP contribution in [0.2, 0.25) is 0 Å². The smallest absolute Gasteiger partial charge is 0.349 e. The van der Waals surface area contributed by atoms with E-state index in [2.05, 4.69) is 5.32 Å². The summed E-state index contributed by atoms with van der Waals surface area (Å²) in [7, 11) is -5.49. The van der Waals surface area contributed by atoms with E-state index in [1.54, 1.807) is 0 Å². The summed E-state index contributed by atoms with van der Waals surface area (Å²) in [6.07, 6.45) is 0. The molecule has 0 heterocycles. The maximum atomic E-state index is 12.4. The standard InChI is InChI=1S/C15H21F3N2O3S/c1-9-8-11(20-24(22,23)15(16,17)18)6-7-12(9)13(21)19-10(2)14(3,4)5/h6-8,10,20H,1-5H3,(H,19,21). The fraction of sp³-hybridized carbons (Fsp3) is 0.533. The lowest BCUT2D eigenvalue weighted by Crippen LogP contribution is -2.41. The number of rotatable bonds is 4. The molecule has 1 aromatic carbocycles. The molecule has 0 aromatic heterocycles. The minimum Gasteiger partial charge on any atom is -0.349 e. The van der Waals surface area contributed by atoms with Gasteiger partial charge in [0.1, 0.15) is 0 Å². The Balaban J connectivity index is 2.99. The summed E-state index contributed by atoms with van der Waals surface area (Å²) in [6.45, 7) is 9.24. The maximum absolute atomic E-state index is 12.4. The number of nitrogens with one attached hydrogen (secondary N) is 2. The minimum absolute atomic E-state index is 0.132. The number of hydrogen-bond acceptors (Lipinski definition) is 3. The van der Waals surface area contributed by atoms with Crippen molar-refractivity contribution < 1.29 is 26.4 Å². The molecule has 0 aliphatic rings. The highest BCUT2D eigenvalue weighted by Crippen LogP contribution is 2.26. The van der Waals surface area contributed by atoms with E-state index in [4.69, 9.17) is 0 Å². The van der Waals surface area contributed by atoms with E-state index in [9.17, 15) is 26.4 Å². The maximum Gasteiger partial charge on any atom is 0.516 e. The average molecular weight is 366 g/mol. The van der Waals surface area contributed by atoms with E-state index < -0.39 is 15.5 Å². The third-order valence-corrected chi connectivity index (χ3v) is 4.79. The monoisotopic (exact) mass is 366 g/mol. The zero-order valence-electron chi connectivity index (χ0n) is 14.1. The molecule has 2 N–H and O–H groups in total. The molecule has 1 rings (SSSR count). The molecule has 0 fully saturated rings. The van der Waals surface area contributed by atoms with Crippen LogP contribution in [0.5, 0.6) is 0 Å². The number of hydrogen-bond donors (Lipinski definition) is 2. The van der Waals surface area contributed by atoms with Crippen molar-refractivity contribution in [1.29, 1.82) is 0 Å². The summed E-state index contributed by atoms with van der Waals surface area (Å²) in [6, 6.07) is 3.45. The summed E-state index contributed by atoms with van der Waals surface area (Å²) in [5.41, 5.74) is -5.20. The molecule has 136 valence electrons. The van der Waals surface area contributed by atoms with Gasteiger partial charge in [-0.1, -0.05) is 20.8 Å². The second-order valence-corrected chi connectivity index (χ2v) is 8.32. The fourth-order valence-corrected chi connectivity index (χ4v) is 2.24. The largest absolute Gasteiger partial charge is 0.516 e. The molecule has 0 spiro atoms. The number of alkyl halides is 3. The Morgan fingerprint density at radius 1 is 1.17 bits per heavy atom. The van der Waals surface area contributed by atoms with E-state index in [0.717, 1.165) is 6.07 Å². The molecule has 0 saturated heterocycles. The van der Waals surface area contributed by atoms with Gasteiger partial charge >= 0.3 is 15.5 Å². The molecule has 5 nitrogen and oxygen atoms in total. The molecule has 0 bridgehead atoms. The van der Waals surface area contributed by atoms with Gasteiger partial charge in [0.2, 0.25) is 0 Å². The van der Waals surface area contributed by atoms with Crippen LogP contribution in [-0.2, 0) is 10.0 Å². The molecule has 0 aliphatic heterocycles. The van der Waals surface area contributed by atoms with Crippen LogP contribution in [0.4, 0.5) is 18.9 Å². The summed E-state index contributed by atoms with van der Waals surface area (Å²) in [4.78, 5) is 12.2. The van der Waals surface area contributed by atoms with E-state index >= 15 is 0 Å². The lowest BCUT2D eigenvalue weighted by molar-refractivity contribution is -0.0429. The van der Waals surface area contributed by atoms with Gasteiger partial charge in [0.05, 0.1) is 0 Å². The van der Waals surface area contributed by atoms with Crippen LogP contribution < -0.4 is 10.0 Å². The number of sulfonamides is 1. The third-order valence-electron chi connectivity index (χ3n) is 3.67. The second-order valence-electron chi connectivity index (χ2n) is 6.64. The lowest BCUT2D eigenvalue weighted by Gasteiger charge is -2.28. The van der Waals surface area contributed by atoms with E-state index in [0.29, 0.717) is 5.56 Å². The molecule has 0 radical (unpaired) electrons. The van der Waals surface area contributed by atoms with Crippen LogP contribution in [0.15, 0.2) is 18.2 Å². The van der Waals surface area contributed by atoms with Crippen molar-refractivity contribution in [3.8, 4) is 0 Å². The van der Waals surface area contributed by atoms with Gasteiger partial charge in [-0.2, -0.15) is 21.6 Å². The Kier molecular flexibility index (Phi) is 5.59. The summed E-state index contributed by atoms with van der Waals surface area (Å²) < 4.78 is 60.7. The zero-order chi connectivity index (χ0) is 18.9. The Hall–Kier alpha value is -1.77. The number of carbonyl (C=O) groups is 1. The van der Waals surface area contributed by atoms with Crippen molar-refractivity contribution in [2.75, 3.05) is 4.72 Å². The van der Waals surface area contributed by atoms with Crippen LogP contribution in [0.3, 0.4) is 0 Å². The first-order valence-electron chi connectivity index (χ1n) is 7.16. The van der Waals surface area contributed by atoms with Crippen LogP contribution in [-0.4, -0.2) is 25.9 Å². The van der Waals surface area contributed by atoms with Crippen molar-refractivity contribution in [1.82, 2.24) is 5.32 Å². The van der Waals surface area contributed by atoms with Crippen molar-refractivity contribution in [2.24, 2.45) is 5.41 Å². The highest BCUT2D eigenvalue weighted by atomic mass is 32.2. The normalized spacial score (nSPS) is 14.2. The Bertz CT molecular complexity index is 722. The molecule has 1 unspecified atom stereocenters. The summed E-state index contributed by atoms with van der Waals surface area (Å²) >= 11 is 0. The third kappa shape index (κ3) is 4.86. The zero-order valence-corrected chi connectivity index (χ0v) is 14.9.